The zero-order chi connectivity index (χ0) is 13.7. The van der Waals surface area contributed by atoms with E-state index in [0.717, 1.165) is 16.9 Å². The summed E-state index contributed by atoms with van der Waals surface area (Å²) in [4.78, 5) is 13.2. The molecular weight excluding hydrogens is 252 g/mol. The first-order valence-electron chi connectivity index (χ1n) is 6.50. The van der Waals surface area contributed by atoms with E-state index in [1.807, 2.05) is 36.4 Å². The minimum atomic E-state index is 0.189. The summed E-state index contributed by atoms with van der Waals surface area (Å²) in [6.07, 6.45) is 1.01. The second-order valence-electron chi connectivity index (χ2n) is 4.58. The number of rotatable bonds is 5. The fourth-order valence-electron chi connectivity index (χ4n) is 1.86. The molecule has 0 aliphatic rings. The summed E-state index contributed by atoms with van der Waals surface area (Å²) in [5, 5.41) is 0. The van der Waals surface area contributed by atoms with Gasteiger partial charge in [-0.3, -0.25) is 4.79 Å². The minimum absolute atomic E-state index is 0.189. The molecule has 2 heteroatoms. The fraction of sp³-hybridized carbons (Fsp3) is 0.235. The second kappa shape index (κ2) is 6.58. The highest BCUT2D eigenvalue weighted by atomic mass is 32.2. The van der Waals surface area contributed by atoms with Crippen LogP contribution < -0.4 is 0 Å². The van der Waals surface area contributed by atoms with Crippen LogP contribution in [0.1, 0.15) is 28.4 Å². The topological polar surface area (TPSA) is 17.1 Å². The van der Waals surface area contributed by atoms with Crippen molar-refractivity contribution in [3.63, 3.8) is 0 Å². The molecule has 0 aliphatic carbocycles. The highest BCUT2D eigenvalue weighted by molar-refractivity contribution is 8.00. The lowest BCUT2D eigenvalue weighted by Gasteiger charge is -2.03. The summed E-state index contributed by atoms with van der Waals surface area (Å²) in [5.74, 6) is 0.684. The van der Waals surface area contributed by atoms with Gasteiger partial charge in [0.2, 0.25) is 0 Å². The SMILES string of the molecule is CCc1ccc(C(=O)CSc2cccc(C)c2)cc1. The summed E-state index contributed by atoms with van der Waals surface area (Å²) >= 11 is 1.60. The van der Waals surface area contributed by atoms with Gasteiger partial charge in [0.15, 0.2) is 5.78 Å². The maximum atomic E-state index is 12.1. The summed E-state index contributed by atoms with van der Waals surface area (Å²) < 4.78 is 0. The van der Waals surface area contributed by atoms with Crippen molar-refractivity contribution < 1.29 is 4.79 Å². The molecule has 19 heavy (non-hydrogen) atoms. The number of hydrogen-bond donors (Lipinski definition) is 0. The molecule has 0 amide bonds. The molecule has 98 valence electrons. The number of aryl methyl sites for hydroxylation is 2. The molecule has 0 saturated heterocycles. The molecule has 0 N–H and O–H groups in total. The van der Waals surface area contributed by atoms with Gasteiger partial charge >= 0.3 is 0 Å². The van der Waals surface area contributed by atoms with Crippen molar-refractivity contribution in [3.8, 4) is 0 Å². The molecule has 2 rings (SSSR count). The summed E-state index contributed by atoms with van der Waals surface area (Å²) in [6.45, 7) is 4.18. The average molecular weight is 270 g/mol. The molecule has 0 unspecified atom stereocenters. The van der Waals surface area contributed by atoms with Crippen LogP contribution in [0, 0.1) is 6.92 Å². The average Bonchev–Trinajstić information content (AvgIpc) is 2.45. The van der Waals surface area contributed by atoms with E-state index in [1.54, 1.807) is 11.8 Å². The summed E-state index contributed by atoms with van der Waals surface area (Å²) in [6, 6.07) is 16.2. The first-order chi connectivity index (χ1) is 9.19. The Labute approximate surface area is 119 Å². The van der Waals surface area contributed by atoms with Gasteiger partial charge in [-0.1, -0.05) is 48.9 Å². The van der Waals surface area contributed by atoms with Gasteiger partial charge in [0, 0.05) is 10.5 Å². The Hall–Kier alpha value is -1.54. The Kier molecular flexibility index (Phi) is 4.80. The zero-order valence-electron chi connectivity index (χ0n) is 11.3. The maximum absolute atomic E-state index is 12.1. The van der Waals surface area contributed by atoms with Gasteiger partial charge in [-0.05, 0) is 31.0 Å². The standard InChI is InChI=1S/C17H18OS/c1-3-14-7-9-15(10-8-14)17(18)12-19-16-6-4-5-13(2)11-16/h4-11H,3,12H2,1-2H3. The van der Waals surface area contributed by atoms with Gasteiger partial charge in [0.1, 0.15) is 0 Å². The monoisotopic (exact) mass is 270 g/mol. The predicted octanol–water partition coefficient (Wildman–Crippen LogP) is 4.53. The van der Waals surface area contributed by atoms with Crippen molar-refractivity contribution in [1.29, 1.82) is 0 Å². The van der Waals surface area contributed by atoms with Crippen LogP contribution in [0.5, 0.6) is 0 Å². The van der Waals surface area contributed by atoms with Crippen LogP contribution in [0.25, 0.3) is 0 Å². The van der Waals surface area contributed by atoms with Crippen molar-refractivity contribution in [2.24, 2.45) is 0 Å². The molecule has 0 spiro atoms. The van der Waals surface area contributed by atoms with Gasteiger partial charge in [-0.2, -0.15) is 0 Å². The number of hydrogen-bond acceptors (Lipinski definition) is 2. The lowest BCUT2D eigenvalue weighted by Crippen LogP contribution is -2.02. The van der Waals surface area contributed by atoms with Crippen LogP contribution >= 0.6 is 11.8 Å². The molecule has 0 aliphatic heterocycles. The van der Waals surface area contributed by atoms with E-state index in [4.69, 9.17) is 0 Å². The first-order valence-corrected chi connectivity index (χ1v) is 7.49. The zero-order valence-corrected chi connectivity index (χ0v) is 12.2. The number of ketones is 1. The molecule has 2 aromatic rings. The van der Waals surface area contributed by atoms with Crippen molar-refractivity contribution in [2.75, 3.05) is 5.75 Å². The molecule has 0 atom stereocenters. The van der Waals surface area contributed by atoms with Crippen molar-refractivity contribution in [3.05, 3.63) is 65.2 Å². The number of carbonyl (C=O) groups is 1. The van der Waals surface area contributed by atoms with Crippen LogP contribution in [0.15, 0.2) is 53.4 Å². The van der Waals surface area contributed by atoms with E-state index in [-0.39, 0.29) is 5.78 Å². The van der Waals surface area contributed by atoms with Crippen LogP contribution in [0.3, 0.4) is 0 Å². The Morgan fingerprint density at radius 2 is 1.84 bits per heavy atom. The van der Waals surface area contributed by atoms with Crippen molar-refractivity contribution >= 4 is 17.5 Å². The highest BCUT2D eigenvalue weighted by Crippen LogP contribution is 2.20. The van der Waals surface area contributed by atoms with Gasteiger partial charge in [0.25, 0.3) is 0 Å². The number of Topliss-reactive ketones (excluding diaryl/α,β-unsaturated/α-hetero) is 1. The van der Waals surface area contributed by atoms with Gasteiger partial charge < -0.3 is 0 Å². The van der Waals surface area contributed by atoms with Crippen molar-refractivity contribution in [2.45, 2.75) is 25.2 Å². The van der Waals surface area contributed by atoms with E-state index >= 15 is 0 Å². The predicted molar refractivity (Wildman–Crippen MR) is 82.1 cm³/mol. The Balaban J connectivity index is 1.97. The van der Waals surface area contributed by atoms with Crippen LogP contribution in [-0.4, -0.2) is 11.5 Å². The molecule has 0 saturated carbocycles. The number of thioether (sulfide) groups is 1. The highest BCUT2D eigenvalue weighted by Gasteiger charge is 2.06. The third kappa shape index (κ3) is 3.97. The Morgan fingerprint density at radius 1 is 1.11 bits per heavy atom. The fourth-order valence-corrected chi connectivity index (χ4v) is 2.77. The number of benzene rings is 2. The van der Waals surface area contributed by atoms with Crippen LogP contribution in [-0.2, 0) is 6.42 Å². The van der Waals surface area contributed by atoms with Gasteiger partial charge in [-0.15, -0.1) is 11.8 Å². The van der Waals surface area contributed by atoms with E-state index in [9.17, 15) is 4.79 Å². The second-order valence-corrected chi connectivity index (χ2v) is 5.63. The molecule has 0 aromatic heterocycles. The lowest BCUT2D eigenvalue weighted by molar-refractivity contribution is 0.102. The third-order valence-electron chi connectivity index (χ3n) is 3.04. The van der Waals surface area contributed by atoms with Crippen LogP contribution in [0.4, 0.5) is 0 Å². The van der Waals surface area contributed by atoms with Gasteiger partial charge in [-0.25, -0.2) is 0 Å². The minimum Gasteiger partial charge on any atom is -0.293 e. The quantitative estimate of drug-likeness (QED) is 0.586. The normalized spacial score (nSPS) is 10.4. The van der Waals surface area contributed by atoms with Crippen LogP contribution in [0.2, 0.25) is 0 Å². The number of carbonyl (C=O) groups excluding carboxylic acids is 1. The molecule has 0 radical (unpaired) electrons. The molecule has 0 heterocycles. The maximum Gasteiger partial charge on any atom is 0.173 e. The van der Waals surface area contributed by atoms with E-state index in [1.165, 1.54) is 11.1 Å². The molecule has 0 fully saturated rings. The molecule has 2 aromatic carbocycles. The summed E-state index contributed by atoms with van der Waals surface area (Å²) in [5.41, 5.74) is 3.30. The lowest BCUT2D eigenvalue weighted by atomic mass is 10.1. The smallest absolute Gasteiger partial charge is 0.173 e. The Morgan fingerprint density at radius 3 is 2.47 bits per heavy atom. The van der Waals surface area contributed by atoms with Gasteiger partial charge in [0.05, 0.1) is 5.75 Å². The Bertz CT molecular complexity index is 558. The van der Waals surface area contributed by atoms with E-state index < -0.39 is 0 Å². The third-order valence-corrected chi connectivity index (χ3v) is 4.04. The van der Waals surface area contributed by atoms with E-state index in [2.05, 4.69) is 26.0 Å². The van der Waals surface area contributed by atoms with Crippen molar-refractivity contribution in [1.82, 2.24) is 0 Å². The molecule has 1 nitrogen and oxygen atoms in total. The summed E-state index contributed by atoms with van der Waals surface area (Å²) in [7, 11) is 0. The molecular formula is C17H18OS. The van der Waals surface area contributed by atoms with E-state index in [0.29, 0.717) is 5.75 Å². The largest absolute Gasteiger partial charge is 0.293 e. The first kappa shape index (κ1) is 13.9. The molecule has 0 bridgehead atoms.